The van der Waals surface area contributed by atoms with Crippen LogP contribution in [0.2, 0.25) is 0 Å². The van der Waals surface area contributed by atoms with Crippen molar-refractivity contribution in [2.45, 2.75) is 39.2 Å². The molecule has 1 N–H and O–H groups in total. The maximum Gasteiger partial charge on any atom is 0.265 e. The van der Waals surface area contributed by atoms with Gasteiger partial charge in [0.1, 0.15) is 0 Å². The van der Waals surface area contributed by atoms with Crippen LogP contribution in [0.4, 0.5) is 10.1 Å². The lowest BCUT2D eigenvalue weighted by atomic mass is 9.87. The molecule has 0 saturated heterocycles. The SMILES string of the molecule is CC(Oc1ccccc1F)C(=O)Nc1ccc(C(C)(C)C)cc1. The van der Waals surface area contributed by atoms with Gasteiger partial charge in [0, 0.05) is 5.69 Å². The number of rotatable bonds is 4. The van der Waals surface area contributed by atoms with Crippen LogP contribution in [0, 0.1) is 5.82 Å². The summed E-state index contributed by atoms with van der Waals surface area (Å²) in [5.74, 6) is -0.739. The molecule has 23 heavy (non-hydrogen) atoms. The van der Waals surface area contributed by atoms with Crippen LogP contribution in [0.1, 0.15) is 33.3 Å². The van der Waals surface area contributed by atoms with Gasteiger partial charge in [0.05, 0.1) is 0 Å². The number of benzene rings is 2. The quantitative estimate of drug-likeness (QED) is 0.900. The molecular weight excluding hydrogens is 293 g/mol. The number of carbonyl (C=O) groups is 1. The predicted molar refractivity (Wildman–Crippen MR) is 90.3 cm³/mol. The van der Waals surface area contributed by atoms with E-state index in [1.54, 1.807) is 19.1 Å². The molecular formula is C19H22FNO2. The first-order valence-electron chi connectivity index (χ1n) is 7.60. The van der Waals surface area contributed by atoms with Crippen LogP contribution < -0.4 is 10.1 Å². The summed E-state index contributed by atoms with van der Waals surface area (Å²) in [5.41, 5.74) is 1.93. The summed E-state index contributed by atoms with van der Waals surface area (Å²) in [6, 6.07) is 13.7. The Hall–Kier alpha value is -2.36. The number of amides is 1. The van der Waals surface area contributed by atoms with Gasteiger partial charge in [-0.3, -0.25) is 4.79 Å². The molecule has 3 nitrogen and oxygen atoms in total. The van der Waals surface area contributed by atoms with Crippen molar-refractivity contribution in [2.75, 3.05) is 5.32 Å². The summed E-state index contributed by atoms with van der Waals surface area (Å²) in [5, 5.41) is 2.77. The molecule has 1 amide bonds. The van der Waals surface area contributed by atoms with E-state index >= 15 is 0 Å². The smallest absolute Gasteiger partial charge is 0.265 e. The molecule has 1 unspecified atom stereocenters. The Kier molecular flexibility index (Phi) is 5.04. The number of hydrogen-bond donors (Lipinski definition) is 1. The highest BCUT2D eigenvalue weighted by Crippen LogP contribution is 2.23. The number of para-hydroxylation sites is 1. The van der Waals surface area contributed by atoms with Gasteiger partial charge in [0.2, 0.25) is 0 Å². The van der Waals surface area contributed by atoms with Gasteiger partial charge in [-0.25, -0.2) is 4.39 Å². The van der Waals surface area contributed by atoms with Gasteiger partial charge >= 0.3 is 0 Å². The number of nitrogens with one attached hydrogen (secondary N) is 1. The van der Waals surface area contributed by atoms with Crippen molar-refractivity contribution in [3.63, 3.8) is 0 Å². The molecule has 0 saturated carbocycles. The predicted octanol–water partition coefficient (Wildman–Crippen LogP) is 4.53. The second-order valence-electron chi connectivity index (χ2n) is 6.51. The van der Waals surface area contributed by atoms with Gasteiger partial charge in [0.15, 0.2) is 17.7 Å². The van der Waals surface area contributed by atoms with Crippen molar-refractivity contribution in [2.24, 2.45) is 0 Å². The van der Waals surface area contributed by atoms with Crippen molar-refractivity contribution in [3.8, 4) is 5.75 Å². The summed E-state index contributed by atoms with van der Waals surface area (Å²) in [4.78, 5) is 12.2. The molecule has 2 aromatic carbocycles. The van der Waals surface area contributed by atoms with Crippen LogP contribution in [0.3, 0.4) is 0 Å². The standard InChI is InChI=1S/C19H22FNO2/c1-13(23-17-8-6-5-7-16(17)20)18(22)21-15-11-9-14(10-12-15)19(2,3)4/h5-13H,1-4H3,(H,21,22). The topological polar surface area (TPSA) is 38.3 Å². The zero-order valence-corrected chi connectivity index (χ0v) is 13.9. The van der Waals surface area contributed by atoms with Gasteiger partial charge in [-0.2, -0.15) is 0 Å². The molecule has 0 heterocycles. The number of halogens is 1. The highest BCUT2D eigenvalue weighted by Gasteiger charge is 2.17. The second-order valence-corrected chi connectivity index (χ2v) is 6.51. The molecule has 0 aliphatic rings. The summed E-state index contributed by atoms with van der Waals surface area (Å²) >= 11 is 0. The fraction of sp³-hybridized carbons (Fsp3) is 0.316. The monoisotopic (exact) mass is 315 g/mol. The van der Waals surface area contributed by atoms with Crippen molar-refractivity contribution in [3.05, 3.63) is 59.9 Å². The van der Waals surface area contributed by atoms with E-state index in [0.717, 1.165) is 0 Å². The van der Waals surface area contributed by atoms with Crippen molar-refractivity contribution >= 4 is 11.6 Å². The molecule has 0 fully saturated rings. The lowest BCUT2D eigenvalue weighted by molar-refractivity contribution is -0.122. The molecule has 1 atom stereocenters. The molecule has 122 valence electrons. The summed E-state index contributed by atoms with van der Waals surface area (Å²) in [6.45, 7) is 7.98. The van der Waals surface area contributed by atoms with Gasteiger partial charge in [-0.1, -0.05) is 45.0 Å². The Labute approximate surface area is 136 Å². The van der Waals surface area contributed by atoms with Crippen LogP contribution in [0.25, 0.3) is 0 Å². The minimum Gasteiger partial charge on any atom is -0.478 e. The third-order valence-electron chi connectivity index (χ3n) is 3.53. The molecule has 0 bridgehead atoms. The van der Waals surface area contributed by atoms with Gasteiger partial charge < -0.3 is 10.1 Å². The highest BCUT2D eigenvalue weighted by molar-refractivity contribution is 5.94. The van der Waals surface area contributed by atoms with Crippen molar-refractivity contribution < 1.29 is 13.9 Å². The molecule has 2 aromatic rings. The molecule has 0 radical (unpaired) electrons. The van der Waals surface area contributed by atoms with Crippen LogP contribution in [0.5, 0.6) is 5.75 Å². The van der Waals surface area contributed by atoms with Crippen LogP contribution in [-0.2, 0) is 10.2 Å². The maximum absolute atomic E-state index is 13.5. The maximum atomic E-state index is 13.5. The van der Waals surface area contributed by atoms with E-state index in [1.807, 2.05) is 24.3 Å². The normalized spacial score (nSPS) is 12.6. The minimum atomic E-state index is -0.797. The van der Waals surface area contributed by atoms with Gasteiger partial charge in [0.25, 0.3) is 5.91 Å². The average Bonchev–Trinajstić information content (AvgIpc) is 2.49. The number of anilines is 1. The van der Waals surface area contributed by atoms with Gasteiger partial charge in [-0.15, -0.1) is 0 Å². The molecule has 2 rings (SSSR count). The van der Waals surface area contributed by atoms with Gasteiger partial charge in [-0.05, 0) is 42.2 Å². The number of ether oxygens (including phenoxy) is 1. The van der Waals surface area contributed by atoms with E-state index in [1.165, 1.54) is 17.7 Å². The summed E-state index contributed by atoms with van der Waals surface area (Å²) < 4.78 is 18.9. The molecule has 0 aliphatic heterocycles. The molecule has 0 spiro atoms. The Bertz CT molecular complexity index is 675. The Morgan fingerprint density at radius 1 is 1.09 bits per heavy atom. The van der Waals surface area contributed by atoms with E-state index in [2.05, 4.69) is 26.1 Å². The lowest BCUT2D eigenvalue weighted by Gasteiger charge is -2.19. The number of carbonyl (C=O) groups excluding carboxylic acids is 1. The summed E-state index contributed by atoms with van der Waals surface area (Å²) in [7, 11) is 0. The van der Waals surface area contributed by atoms with E-state index < -0.39 is 11.9 Å². The fourth-order valence-electron chi connectivity index (χ4n) is 2.08. The second kappa shape index (κ2) is 6.82. The summed E-state index contributed by atoms with van der Waals surface area (Å²) in [6.07, 6.45) is -0.797. The molecule has 0 aliphatic carbocycles. The fourth-order valence-corrected chi connectivity index (χ4v) is 2.08. The van der Waals surface area contributed by atoms with E-state index in [-0.39, 0.29) is 17.1 Å². The zero-order valence-electron chi connectivity index (χ0n) is 13.9. The largest absolute Gasteiger partial charge is 0.478 e. The first-order chi connectivity index (χ1) is 10.8. The van der Waals surface area contributed by atoms with E-state index in [0.29, 0.717) is 5.69 Å². The average molecular weight is 315 g/mol. The third-order valence-corrected chi connectivity index (χ3v) is 3.53. The molecule has 0 aromatic heterocycles. The van der Waals surface area contributed by atoms with Crippen LogP contribution in [-0.4, -0.2) is 12.0 Å². The van der Waals surface area contributed by atoms with Crippen molar-refractivity contribution in [1.29, 1.82) is 0 Å². The van der Waals surface area contributed by atoms with E-state index in [4.69, 9.17) is 4.74 Å². The number of hydrogen-bond acceptors (Lipinski definition) is 2. The Morgan fingerprint density at radius 2 is 1.70 bits per heavy atom. The highest BCUT2D eigenvalue weighted by atomic mass is 19.1. The third kappa shape index (κ3) is 4.55. The van der Waals surface area contributed by atoms with Crippen LogP contribution >= 0.6 is 0 Å². The first kappa shape index (κ1) is 17.0. The Morgan fingerprint density at radius 3 is 2.26 bits per heavy atom. The zero-order chi connectivity index (χ0) is 17.0. The van der Waals surface area contributed by atoms with Crippen molar-refractivity contribution in [1.82, 2.24) is 0 Å². The minimum absolute atomic E-state index is 0.0593. The van der Waals surface area contributed by atoms with E-state index in [9.17, 15) is 9.18 Å². The first-order valence-corrected chi connectivity index (χ1v) is 7.60. The lowest BCUT2D eigenvalue weighted by Crippen LogP contribution is -2.30. The molecule has 4 heteroatoms. The Balaban J connectivity index is 2.00. The van der Waals surface area contributed by atoms with Crippen LogP contribution in [0.15, 0.2) is 48.5 Å².